The first kappa shape index (κ1) is 99.6. The van der Waals surface area contributed by atoms with E-state index in [0.29, 0.717) is 76.6 Å². The molecular formula is C98H80Cl2Fe2N14O16S2. The third-order valence-corrected chi connectivity index (χ3v) is 22.0. The second kappa shape index (κ2) is 46.7. The van der Waals surface area contributed by atoms with Gasteiger partial charge in [0.25, 0.3) is 23.6 Å². The molecule has 0 aromatic heterocycles. The Balaban J connectivity index is 0.000000171. The van der Waals surface area contributed by atoms with Crippen molar-refractivity contribution in [2.45, 2.75) is 37.5 Å². The molecule has 36 heteroatoms. The van der Waals surface area contributed by atoms with E-state index < -0.39 is 39.4 Å². The minimum atomic E-state index is -3.79. The Morgan fingerprint density at radius 3 is 0.993 bits per heavy atom. The van der Waals surface area contributed by atoms with E-state index in [-0.39, 0.29) is 154 Å². The van der Waals surface area contributed by atoms with Crippen molar-refractivity contribution in [2.75, 3.05) is 34.4 Å². The normalized spacial score (nSPS) is 11.1. The Labute approximate surface area is 802 Å². The number of phenolic OH excluding ortho intramolecular Hbond substituents is 8. The van der Waals surface area contributed by atoms with E-state index in [9.17, 15) is 68.4 Å². The summed E-state index contributed by atoms with van der Waals surface area (Å²) in [6.45, 7) is 8.12. The summed E-state index contributed by atoms with van der Waals surface area (Å²) in [7, 11) is -3.79. The molecule has 14 N–H and O–H groups in total. The average molecular weight is 1960 g/mol. The smallest absolute Gasteiger partial charge is 0.259 e. The van der Waals surface area contributed by atoms with E-state index in [1.54, 1.807) is 189 Å². The molecule has 0 unspecified atom stereocenters. The number of sulfonamides is 1. The number of para-hydroxylation sites is 4. The number of aromatic hydroxyl groups is 8. The van der Waals surface area contributed by atoms with Crippen molar-refractivity contribution in [3.05, 3.63) is 347 Å². The van der Waals surface area contributed by atoms with Gasteiger partial charge in [0.15, 0.2) is 23.0 Å². The van der Waals surface area contributed by atoms with Crippen LogP contribution >= 0.6 is 35.2 Å². The molecule has 0 fully saturated rings. The van der Waals surface area contributed by atoms with Crippen LogP contribution in [0.1, 0.15) is 66.4 Å². The molecule has 0 heterocycles. The molecule has 0 radical (unpaired) electrons. The maximum atomic E-state index is 12.9. The Morgan fingerprint density at radius 2 is 0.642 bits per heavy atom. The standard InChI is InChI=1S/2C25H22N4O5S.2C24H18ClN3O3.2Fe/c1-2-26-35(33,34)18-12-13-22(30)21(15-18)28-29-23-19-11-7-6-8-16(19)14-20(24(23)31)25(32)27-17-9-4-3-5-10-17;1-2-26-33-34-35-18-12-13-22(30)21(15-18)28-29-23-19-11-7-6-8-16(19)14-20(24(23)31)25(32)27-17-9-4-3-5-10-17;2*1-14-7-9-18-15(11-14)12-19(24(31)26-17-5-3-2-4-6-17)23(30)22(18)28-27-20-13-16(25)8-10-21(20)29;;/h2*3-15,26,30-31H,2H2,1H3,(H,27,32);2*2-13,29-30H,1H3,(H,26,31);;. The third-order valence-electron chi connectivity index (χ3n) is 19.4. The Hall–Kier alpha value is -15.0. The molecule has 0 saturated carbocycles. The van der Waals surface area contributed by atoms with Crippen molar-refractivity contribution in [2.24, 2.45) is 40.9 Å². The zero-order valence-electron chi connectivity index (χ0n) is 71.0. The van der Waals surface area contributed by atoms with Crippen LogP contribution in [0.2, 0.25) is 10.0 Å². The number of fused-ring (bicyclic) bond motifs is 4. The number of hydrogen-bond acceptors (Lipinski definition) is 26. The Bertz CT molecular complexity index is 7070. The summed E-state index contributed by atoms with van der Waals surface area (Å²) >= 11 is 12.9. The van der Waals surface area contributed by atoms with E-state index in [1.165, 1.54) is 60.7 Å². The number of azo groups is 4. The van der Waals surface area contributed by atoms with Crippen LogP contribution in [0.5, 0.6) is 46.0 Å². The molecule has 16 aromatic carbocycles. The summed E-state index contributed by atoms with van der Waals surface area (Å²) in [4.78, 5) is 56.9. The van der Waals surface area contributed by atoms with Gasteiger partial charge in [0.1, 0.15) is 68.5 Å². The second-order valence-corrected chi connectivity index (χ2v) is 32.2. The molecular weight excluding hydrogens is 1880 g/mol. The molecule has 0 atom stereocenters. The summed E-state index contributed by atoms with van der Waals surface area (Å²) in [5.74, 6) is -3.97. The van der Waals surface area contributed by atoms with Crippen LogP contribution in [-0.2, 0) is 53.5 Å². The van der Waals surface area contributed by atoms with Crippen LogP contribution in [0.15, 0.2) is 354 Å². The fourth-order valence-corrected chi connectivity index (χ4v) is 14.8. The number of nitrogens with zero attached hydrogens (tertiary/aromatic N) is 8. The zero-order chi connectivity index (χ0) is 93.5. The van der Waals surface area contributed by atoms with Crippen molar-refractivity contribution in [1.82, 2.24) is 10.2 Å². The molecule has 0 saturated heterocycles. The summed E-state index contributed by atoms with van der Waals surface area (Å²) in [5.41, 5.74) is 7.68. The minimum Gasteiger partial charge on any atom is -0.506 e. The van der Waals surface area contributed by atoms with E-state index in [4.69, 9.17) is 32.5 Å². The van der Waals surface area contributed by atoms with Gasteiger partial charge in [-0.05, 0) is 181 Å². The number of phenols is 8. The number of nitrogens with one attached hydrogen (secondary N) is 6. The first-order valence-electron chi connectivity index (χ1n) is 40.2. The Kier molecular flexibility index (Phi) is 34.7. The molecule has 16 aromatic rings. The average Bonchev–Trinajstić information content (AvgIpc) is 0.786. The van der Waals surface area contributed by atoms with Crippen LogP contribution < -0.4 is 31.5 Å². The predicted molar refractivity (Wildman–Crippen MR) is 511 cm³/mol. The second-order valence-electron chi connectivity index (χ2n) is 28.8. The maximum absolute atomic E-state index is 12.9. The molecule has 0 bridgehead atoms. The quantitative estimate of drug-likeness (QED) is 0.00667. The van der Waals surface area contributed by atoms with Crippen molar-refractivity contribution in [3.8, 4) is 46.0 Å². The van der Waals surface area contributed by atoms with Crippen molar-refractivity contribution >= 4 is 180 Å². The molecule has 0 spiro atoms. The van der Waals surface area contributed by atoms with Gasteiger partial charge < -0.3 is 62.1 Å². The van der Waals surface area contributed by atoms with Gasteiger partial charge in [0.2, 0.25) is 10.0 Å². The van der Waals surface area contributed by atoms with E-state index in [0.717, 1.165) is 33.9 Å². The van der Waals surface area contributed by atoms with Gasteiger partial charge in [0, 0.05) is 106 Å². The number of hydrogen-bond donors (Lipinski definition) is 14. The van der Waals surface area contributed by atoms with Crippen molar-refractivity contribution in [1.29, 1.82) is 0 Å². The van der Waals surface area contributed by atoms with Crippen LogP contribution in [0.4, 0.5) is 68.2 Å². The monoisotopic (exact) mass is 1950 g/mol. The van der Waals surface area contributed by atoms with E-state index >= 15 is 0 Å². The van der Waals surface area contributed by atoms with Crippen LogP contribution in [-0.4, -0.2) is 86.0 Å². The van der Waals surface area contributed by atoms with Crippen molar-refractivity contribution < 1.29 is 112 Å². The number of carbonyl (C=O) groups is 4. The van der Waals surface area contributed by atoms with Crippen LogP contribution in [0.25, 0.3) is 43.1 Å². The molecule has 134 heavy (non-hydrogen) atoms. The van der Waals surface area contributed by atoms with Gasteiger partial charge in [-0.25, -0.2) is 13.1 Å². The SMILES string of the molecule is CCNOOSc1ccc(O)c(N=Nc2c(O)c(C(=O)Nc3ccccc3)cc3ccccc23)c1.CCNS(=O)(=O)c1ccc(O)c(N=Nc2c(O)c(C(=O)Nc3ccccc3)cc3ccccc23)c1.Cc1ccc2c(N=Nc3cc(Cl)ccc3O)c(O)c(C(=O)Nc3ccccc3)cc2c1.Cc1ccc2c(N=Nc3cc(Cl)ccc3O)c(O)c(C(=O)Nc3ccccc3)cc2c1.[Fe].[Fe]. The maximum Gasteiger partial charge on any atom is 0.259 e. The Morgan fingerprint density at radius 1 is 0.336 bits per heavy atom. The summed E-state index contributed by atoms with van der Waals surface area (Å²) < 4.78 is 32.0. The number of hydroxylamine groups is 1. The predicted octanol–water partition coefficient (Wildman–Crippen LogP) is 25.4. The fourth-order valence-electron chi connectivity index (χ4n) is 13.0. The summed E-state index contributed by atoms with van der Waals surface area (Å²) in [6, 6.07) is 84.3. The fraction of sp³-hybridized carbons (Fsp3) is 0.0612. The number of amides is 4. The molecule has 16 rings (SSSR count). The van der Waals surface area contributed by atoms with E-state index in [1.807, 2.05) is 81.4 Å². The van der Waals surface area contributed by atoms with Gasteiger partial charge in [-0.15, -0.1) is 50.2 Å². The number of carbonyl (C=O) groups excluding carboxylic acids is 4. The minimum absolute atomic E-state index is 0. The number of anilines is 4. The summed E-state index contributed by atoms with van der Waals surface area (Å²) in [5, 5.41) is 134. The first-order valence-corrected chi connectivity index (χ1v) is 43.2. The van der Waals surface area contributed by atoms with Gasteiger partial charge >= 0.3 is 0 Å². The molecule has 0 aliphatic heterocycles. The first-order chi connectivity index (χ1) is 63.7. The number of halogens is 2. The van der Waals surface area contributed by atoms with Gasteiger partial charge in [-0.3, -0.25) is 19.2 Å². The van der Waals surface area contributed by atoms with E-state index in [2.05, 4.69) is 72.4 Å². The zero-order valence-corrected chi connectivity index (χ0v) is 76.3. The van der Waals surface area contributed by atoms with Gasteiger partial charge in [-0.1, -0.05) is 206 Å². The largest absolute Gasteiger partial charge is 0.506 e. The molecule has 680 valence electrons. The van der Waals surface area contributed by atoms with Crippen LogP contribution in [0.3, 0.4) is 0 Å². The number of benzene rings is 16. The molecule has 30 nitrogen and oxygen atoms in total. The topological polar surface area (TPSA) is 454 Å². The number of aryl methyl sites for hydroxylation is 2. The van der Waals surface area contributed by atoms with Crippen LogP contribution in [0, 0.1) is 13.8 Å². The summed E-state index contributed by atoms with van der Waals surface area (Å²) in [6.07, 6.45) is 0. The van der Waals surface area contributed by atoms with Crippen molar-refractivity contribution in [3.63, 3.8) is 0 Å². The molecule has 0 aliphatic carbocycles. The number of rotatable bonds is 24. The third kappa shape index (κ3) is 25.4. The molecule has 0 aliphatic rings. The van der Waals surface area contributed by atoms with Gasteiger partial charge in [-0.2, -0.15) is 5.48 Å². The van der Waals surface area contributed by atoms with Gasteiger partial charge in [0.05, 0.1) is 39.2 Å². The molecule has 4 amide bonds.